The number of benzene rings is 1. The second-order valence-corrected chi connectivity index (χ2v) is 5.93. The first kappa shape index (κ1) is 13.4. The van der Waals surface area contributed by atoms with Crippen molar-refractivity contribution in [2.24, 2.45) is 0 Å². The Kier molecular flexibility index (Phi) is 4.66. The van der Waals surface area contributed by atoms with Crippen LogP contribution in [0.4, 0.5) is 0 Å². The van der Waals surface area contributed by atoms with Crippen LogP contribution >= 0.6 is 11.8 Å². The molecule has 1 aliphatic carbocycles. The van der Waals surface area contributed by atoms with E-state index in [1.54, 1.807) is 0 Å². The average molecular weight is 265 g/mol. The van der Waals surface area contributed by atoms with E-state index in [-0.39, 0.29) is 5.25 Å². The smallest absolute Gasteiger partial charge is 0.316 e. The molecule has 4 heteroatoms. The Hall–Kier alpha value is -1.00. The molecule has 0 aromatic heterocycles. The number of hydrogen-bond donors (Lipinski definition) is 2. The molecule has 1 aromatic carbocycles. The molecule has 98 valence electrons. The second kappa shape index (κ2) is 6.25. The number of hydrogen-bond acceptors (Lipinski definition) is 3. The third-order valence-electron chi connectivity index (χ3n) is 3.02. The zero-order valence-electron chi connectivity index (χ0n) is 10.6. The van der Waals surface area contributed by atoms with Crippen LogP contribution in [0.5, 0.6) is 0 Å². The van der Waals surface area contributed by atoms with Gasteiger partial charge in [0.05, 0.1) is 0 Å². The van der Waals surface area contributed by atoms with Crippen LogP contribution in [0.1, 0.15) is 31.7 Å². The Bertz CT molecular complexity index is 401. The molecule has 0 amide bonds. The van der Waals surface area contributed by atoms with Crippen LogP contribution in [0, 0.1) is 0 Å². The molecule has 1 atom stereocenters. The van der Waals surface area contributed by atoms with E-state index < -0.39 is 5.97 Å². The molecule has 0 saturated heterocycles. The molecule has 0 spiro atoms. The largest absolute Gasteiger partial charge is 0.480 e. The summed E-state index contributed by atoms with van der Waals surface area (Å²) in [6.45, 7) is 2.81. The van der Waals surface area contributed by atoms with Crippen LogP contribution in [0.25, 0.3) is 0 Å². The van der Waals surface area contributed by atoms with Gasteiger partial charge in [-0.15, -0.1) is 11.8 Å². The van der Waals surface area contributed by atoms with Crippen molar-refractivity contribution >= 4 is 17.7 Å². The monoisotopic (exact) mass is 265 g/mol. The maximum Gasteiger partial charge on any atom is 0.316 e. The molecule has 0 radical (unpaired) electrons. The molecule has 0 heterocycles. The van der Waals surface area contributed by atoms with E-state index in [1.165, 1.54) is 30.2 Å². The summed E-state index contributed by atoms with van der Waals surface area (Å²) in [5.74, 6) is -0.734. The molecule has 1 saturated carbocycles. The fourth-order valence-electron chi connectivity index (χ4n) is 1.71. The summed E-state index contributed by atoms with van der Waals surface area (Å²) in [6.07, 6.45) is 3.24. The quantitative estimate of drug-likeness (QED) is 0.744. The standard InChI is InChI=1S/C14H19NO2S/c1-2-13(14(16)17)18-12-7-3-10(4-8-12)9-15-11-5-6-11/h3-4,7-8,11,13,15H,2,5-6,9H2,1H3,(H,16,17). The van der Waals surface area contributed by atoms with E-state index in [0.29, 0.717) is 6.42 Å². The van der Waals surface area contributed by atoms with Crippen LogP contribution in [0.2, 0.25) is 0 Å². The molecule has 2 N–H and O–H groups in total. The van der Waals surface area contributed by atoms with E-state index in [1.807, 2.05) is 19.1 Å². The molecule has 0 aliphatic heterocycles. The van der Waals surface area contributed by atoms with Gasteiger partial charge in [-0.25, -0.2) is 0 Å². The number of nitrogens with one attached hydrogen (secondary N) is 1. The molecule has 0 bridgehead atoms. The SMILES string of the molecule is CCC(Sc1ccc(CNC2CC2)cc1)C(=O)O. The number of carboxylic acid groups (broad SMARTS) is 1. The van der Waals surface area contributed by atoms with Crippen molar-refractivity contribution < 1.29 is 9.90 Å². The van der Waals surface area contributed by atoms with Gasteiger partial charge in [-0.05, 0) is 37.0 Å². The summed E-state index contributed by atoms with van der Waals surface area (Å²) in [4.78, 5) is 12.0. The predicted octanol–water partition coefficient (Wildman–Crippen LogP) is 2.89. The van der Waals surface area contributed by atoms with E-state index in [0.717, 1.165) is 17.5 Å². The highest BCUT2D eigenvalue weighted by Crippen LogP contribution is 2.26. The fraction of sp³-hybridized carbons (Fsp3) is 0.500. The Morgan fingerprint density at radius 1 is 1.44 bits per heavy atom. The number of thioether (sulfide) groups is 1. The lowest BCUT2D eigenvalue weighted by Gasteiger charge is -2.10. The van der Waals surface area contributed by atoms with Gasteiger partial charge in [-0.3, -0.25) is 4.79 Å². The highest BCUT2D eigenvalue weighted by molar-refractivity contribution is 8.00. The first-order valence-electron chi connectivity index (χ1n) is 6.41. The van der Waals surface area contributed by atoms with Gasteiger partial charge in [0.2, 0.25) is 0 Å². The number of rotatable bonds is 7. The number of carbonyl (C=O) groups is 1. The van der Waals surface area contributed by atoms with Crippen molar-refractivity contribution in [3.63, 3.8) is 0 Å². The summed E-state index contributed by atoms with van der Waals surface area (Å²) in [5, 5.41) is 12.1. The Labute approximate surface area is 112 Å². The summed E-state index contributed by atoms with van der Waals surface area (Å²) < 4.78 is 0. The van der Waals surface area contributed by atoms with Gasteiger partial charge in [0.25, 0.3) is 0 Å². The van der Waals surface area contributed by atoms with Crippen molar-refractivity contribution in [3.8, 4) is 0 Å². The van der Waals surface area contributed by atoms with Crippen LogP contribution in [0.3, 0.4) is 0 Å². The Balaban J connectivity index is 1.87. The Morgan fingerprint density at radius 2 is 2.11 bits per heavy atom. The summed E-state index contributed by atoms with van der Waals surface area (Å²) >= 11 is 1.42. The van der Waals surface area contributed by atoms with Gasteiger partial charge >= 0.3 is 5.97 Å². The first-order valence-corrected chi connectivity index (χ1v) is 7.28. The van der Waals surface area contributed by atoms with Gasteiger partial charge in [0.15, 0.2) is 0 Å². The highest BCUT2D eigenvalue weighted by atomic mass is 32.2. The molecule has 1 aromatic rings. The molecule has 2 rings (SSSR count). The van der Waals surface area contributed by atoms with E-state index >= 15 is 0 Å². The summed E-state index contributed by atoms with van der Waals surface area (Å²) in [6, 6.07) is 8.90. The van der Waals surface area contributed by atoms with Crippen LogP contribution < -0.4 is 5.32 Å². The van der Waals surface area contributed by atoms with E-state index in [4.69, 9.17) is 5.11 Å². The lowest BCUT2D eigenvalue weighted by atomic mass is 10.2. The normalized spacial score (nSPS) is 16.5. The summed E-state index contributed by atoms with van der Waals surface area (Å²) in [5.41, 5.74) is 1.26. The second-order valence-electron chi connectivity index (χ2n) is 4.65. The predicted molar refractivity (Wildman–Crippen MR) is 73.9 cm³/mol. The lowest BCUT2D eigenvalue weighted by Crippen LogP contribution is -2.15. The maximum atomic E-state index is 11.0. The van der Waals surface area contributed by atoms with E-state index in [9.17, 15) is 4.79 Å². The fourth-order valence-corrected chi connectivity index (χ4v) is 2.60. The van der Waals surface area contributed by atoms with Crippen LogP contribution in [-0.2, 0) is 11.3 Å². The van der Waals surface area contributed by atoms with Crippen molar-refractivity contribution in [1.29, 1.82) is 0 Å². The zero-order valence-corrected chi connectivity index (χ0v) is 11.4. The van der Waals surface area contributed by atoms with Gasteiger partial charge < -0.3 is 10.4 Å². The third-order valence-corrected chi connectivity index (χ3v) is 4.38. The minimum absolute atomic E-state index is 0.347. The van der Waals surface area contributed by atoms with Gasteiger partial charge in [0.1, 0.15) is 5.25 Å². The number of carboxylic acids is 1. The molecule has 1 unspecified atom stereocenters. The first-order chi connectivity index (χ1) is 8.69. The minimum atomic E-state index is -0.734. The van der Waals surface area contributed by atoms with Crippen LogP contribution in [0.15, 0.2) is 29.2 Å². The van der Waals surface area contributed by atoms with Crippen LogP contribution in [-0.4, -0.2) is 22.4 Å². The molecular formula is C14H19NO2S. The third kappa shape index (κ3) is 4.03. The van der Waals surface area contributed by atoms with Gasteiger partial charge in [-0.1, -0.05) is 19.1 Å². The van der Waals surface area contributed by atoms with Crippen molar-refractivity contribution in [2.75, 3.05) is 0 Å². The maximum absolute atomic E-state index is 11.0. The molecule has 1 aliphatic rings. The highest BCUT2D eigenvalue weighted by Gasteiger charge is 2.20. The number of aliphatic carboxylic acids is 1. The average Bonchev–Trinajstić information content (AvgIpc) is 3.18. The molecule has 3 nitrogen and oxygen atoms in total. The summed E-state index contributed by atoms with van der Waals surface area (Å²) in [7, 11) is 0. The minimum Gasteiger partial charge on any atom is -0.480 e. The van der Waals surface area contributed by atoms with Crippen molar-refractivity contribution in [2.45, 2.75) is 48.9 Å². The van der Waals surface area contributed by atoms with Crippen molar-refractivity contribution in [3.05, 3.63) is 29.8 Å². The molecule has 18 heavy (non-hydrogen) atoms. The van der Waals surface area contributed by atoms with E-state index in [2.05, 4.69) is 17.4 Å². The Morgan fingerprint density at radius 3 is 2.61 bits per heavy atom. The van der Waals surface area contributed by atoms with Gasteiger partial charge in [-0.2, -0.15) is 0 Å². The molecule has 1 fully saturated rings. The lowest BCUT2D eigenvalue weighted by molar-refractivity contribution is -0.136. The van der Waals surface area contributed by atoms with Crippen molar-refractivity contribution in [1.82, 2.24) is 5.32 Å². The van der Waals surface area contributed by atoms with Gasteiger partial charge in [0, 0.05) is 17.5 Å². The topological polar surface area (TPSA) is 49.3 Å². The molecular weight excluding hydrogens is 246 g/mol. The zero-order chi connectivity index (χ0) is 13.0.